The van der Waals surface area contributed by atoms with E-state index in [1.165, 1.54) is 4.88 Å². The number of ether oxygens (including phenoxy) is 1. The van der Waals surface area contributed by atoms with Gasteiger partial charge in [0.2, 0.25) is 0 Å². The molecule has 2 rings (SSSR count). The van der Waals surface area contributed by atoms with Crippen LogP contribution in [0.5, 0.6) is 5.75 Å². The standard InChI is InChI=1S/C15H18BrN3OS.HI/c1-20-14-5-4-11(9-13(14)16)10-19-15(17)18-7-6-12-3-2-8-21-12;/h2-5,8-9H,6-7,10H2,1H3,(H3,17,18,19);1H. The third-order valence-electron chi connectivity index (χ3n) is 2.91. The fourth-order valence-corrected chi connectivity index (χ4v) is 3.11. The zero-order valence-corrected chi connectivity index (χ0v) is 16.9. The molecule has 0 aliphatic heterocycles. The second kappa shape index (κ2) is 10.1. The highest BCUT2D eigenvalue weighted by Crippen LogP contribution is 2.25. The molecule has 0 atom stereocenters. The van der Waals surface area contributed by atoms with E-state index in [-0.39, 0.29) is 24.0 Å². The Morgan fingerprint density at radius 3 is 2.86 bits per heavy atom. The van der Waals surface area contributed by atoms with Gasteiger partial charge in [-0.2, -0.15) is 0 Å². The van der Waals surface area contributed by atoms with E-state index in [0.717, 1.165) is 28.8 Å². The molecule has 0 saturated carbocycles. The normalized spacial score (nSPS) is 10.9. The molecule has 3 N–H and O–H groups in total. The zero-order valence-electron chi connectivity index (χ0n) is 12.2. The first kappa shape index (κ1) is 19.2. The maximum atomic E-state index is 5.86. The van der Waals surface area contributed by atoms with E-state index in [2.05, 4.69) is 43.8 Å². The molecule has 0 saturated heterocycles. The second-order valence-corrected chi connectivity index (χ2v) is 6.31. The highest BCUT2D eigenvalue weighted by Gasteiger charge is 2.01. The summed E-state index contributed by atoms with van der Waals surface area (Å²) in [5, 5.41) is 5.20. The minimum absolute atomic E-state index is 0. The lowest BCUT2D eigenvalue weighted by molar-refractivity contribution is 0.412. The van der Waals surface area contributed by atoms with Crippen LogP contribution in [0, 0.1) is 0 Å². The van der Waals surface area contributed by atoms with Crippen molar-refractivity contribution in [3.63, 3.8) is 0 Å². The van der Waals surface area contributed by atoms with E-state index in [4.69, 9.17) is 10.5 Å². The van der Waals surface area contributed by atoms with Gasteiger partial charge in [0.15, 0.2) is 5.96 Å². The van der Waals surface area contributed by atoms with Crippen molar-refractivity contribution in [3.05, 3.63) is 50.6 Å². The SMILES string of the molecule is COc1ccc(CN=C(N)NCCc2cccs2)cc1Br.I. The summed E-state index contributed by atoms with van der Waals surface area (Å²) in [5.41, 5.74) is 6.94. The smallest absolute Gasteiger partial charge is 0.188 e. The van der Waals surface area contributed by atoms with E-state index in [9.17, 15) is 0 Å². The molecule has 120 valence electrons. The predicted molar refractivity (Wildman–Crippen MR) is 107 cm³/mol. The monoisotopic (exact) mass is 495 g/mol. The van der Waals surface area contributed by atoms with Crippen LogP contribution in [-0.2, 0) is 13.0 Å². The number of guanidine groups is 1. The topological polar surface area (TPSA) is 59.6 Å². The van der Waals surface area contributed by atoms with Crippen LogP contribution in [0.25, 0.3) is 0 Å². The van der Waals surface area contributed by atoms with Crippen LogP contribution >= 0.6 is 51.2 Å². The Balaban J connectivity index is 0.00000242. The molecule has 0 aliphatic rings. The summed E-state index contributed by atoms with van der Waals surface area (Å²) in [6.45, 7) is 1.34. The summed E-state index contributed by atoms with van der Waals surface area (Å²) >= 11 is 5.21. The van der Waals surface area contributed by atoms with Crippen molar-refractivity contribution in [2.24, 2.45) is 10.7 Å². The fourth-order valence-electron chi connectivity index (χ4n) is 1.81. The quantitative estimate of drug-likeness (QED) is 0.364. The first-order chi connectivity index (χ1) is 10.2. The molecule has 0 fully saturated rings. The summed E-state index contributed by atoms with van der Waals surface area (Å²) in [6.07, 6.45) is 0.960. The number of benzene rings is 1. The lowest BCUT2D eigenvalue weighted by Crippen LogP contribution is -2.33. The molecular weight excluding hydrogens is 477 g/mol. The third-order valence-corrected chi connectivity index (χ3v) is 4.46. The fraction of sp³-hybridized carbons (Fsp3) is 0.267. The van der Waals surface area contributed by atoms with Crippen molar-refractivity contribution in [2.45, 2.75) is 13.0 Å². The number of hydrogen-bond acceptors (Lipinski definition) is 3. The van der Waals surface area contributed by atoms with Crippen LogP contribution in [0.15, 0.2) is 45.2 Å². The number of nitrogens with two attached hydrogens (primary N) is 1. The van der Waals surface area contributed by atoms with Gasteiger partial charge in [-0.15, -0.1) is 35.3 Å². The van der Waals surface area contributed by atoms with Crippen LogP contribution in [0.3, 0.4) is 0 Å². The summed E-state index contributed by atoms with van der Waals surface area (Å²) in [5.74, 6) is 1.28. The maximum absolute atomic E-state index is 5.86. The average molecular weight is 496 g/mol. The number of nitrogens with one attached hydrogen (secondary N) is 1. The third kappa shape index (κ3) is 6.13. The van der Waals surface area contributed by atoms with E-state index < -0.39 is 0 Å². The van der Waals surface area contributed by atoms with Crippen molar-refractivity contribution in [2.75, 3.05) is 13.7 Å². The van der Waals surface area contributed by atoms with Crippen molar-refractivity contribution in [1.29, 1.82) is 0 Å². The Hall–Kier alpha value is -0.800. The highest BCUT2D eigenvalue weighted by atomic mass is 127. The number of halogens is 2. The Labute approximate surface area is 160 Å². The number of nitrogens with zero attached hydrogens (tertiary/aromatic N) is 1. The maximum Gasteiger partial charge on any atom is 0.188 e. The summed E-state index contributed by atoms with van der Waals surface area (Å²) < 4.78 is 6.11. The first-order valence-corrected chi connectivity index (χ1v) is 8.25. The Bertz CT molecular complexity index is 605. The molecule has 1 aromatic carbocycles. The molecule has 0 radical (unpaired) electrons. The summed E-state index contributed by atoms with van der Waals surface area (Å²) in [7, 11) is 1.65. The zero-order chi connectivity index (χ0) is 15.1. The lowest BCUT2D eigenvalue weighted by atomic mass is 10.2. The number of methoxy groups -OCH3 is 1. The summed E-state index contributed by atoms with van der Waals surface area (Å²) in [4.78, 5) is 5.68. The molecule has 22 heavy (non-hydrogen) atoms. The molecule has 0 bridgehead atoms. The van der Waals surface area contributed by atoms with Crippen molar-refractivity contribution in [1.82, 2.24) is 5.32 Å². The molecule has 7 heteroatoms. The Kier molecular flexibility index (Phi) is 8.81. The van der Waals surface area contributed by atoms with E-state index in [0.29, 0.717) is 12.5 Å². The van der Waals surface area contributed by atoms with E-state index >= 15 is 0 Å². The van der Waals surface area contributed by atoms with Crippen LogP contribution < -0.4 is 15.8 Å². The van der Waals surface area contributed by atoms with Crippen molar-refractivity contribution >= 4 is 57.2 Å². The van der Waals surface area contributed by atoms with Crippen LogP contribution in [0.4, 0.5) is 0 Å². The second-order valence-electron chi connectivity index (χ2n) is 4.43. The molecule has 0 amide bonds. The first-order valence-electron chi connectivity index (χ1n) is 6.57. The molecular formula is C15H19BrIN3OS. The minimum atomic E-state index is 0. The van der Waals surface area contributed by atoms with Crippen molar-refractivity contribution in [3.8, 4) is 5.75 Å². The van der Waals surface area contributed by atoms with Gasteiger partial charge in [0.1, 0.15) is 5.75 Å². The molecule has 0 aliphatic carbocycles. The number of thiophene rings is 1. The Morgan fingerprint density at radius 2 is 2.23 bits per heavy atom. The van der Waals surface area contributed by atoms with Crippen molar-refractivity contribution < 1.29 is 4.74 Å². The van der Waals surface area contributed by atoms with Gasteiger partial charge in [-0.05, 0) is 51.5 Å². The Morgan fingerprint density at radius 1 is 1.41 bits per heavy atom. The van der Waals surface area contributed by atoms with Gasteiger partial charge < -0.3 is 15.8 Å². The van der Waals surface area contributed by atoms with E-state index in [1.54, 1.807) is 18.4 Å². The number of aliphatic imine (C=N–C) groups is 1. The van der Waals surface area contributed by atoms with Gasteiger partial charge in [-0.3, -0.25) is 0 Å². The van der Waals surface area contributed by atoms with Gasteiger partial charge in [0, 0.05) is 11.4 Å². The highest BCUT2D eigenvalue weighted by molar-refractivity contribution is 14.0. The number of hydrogen-bond donors (Lipinski definition) is 2. The molecule has 2 aromatic rings. The van der Waals surface area contributed by atoms with Gasteiger partial charge in [0.25, 0.3) is 0 Å². The predicted octanol–water partition coefficient (Wildman–Crippen LogP) is 3.78. The molecule has 1 aromatic heterocycles. The van der Waals surface area contributed by atoms with Crippen LogP contribution in [0.2, 0.25) is 0 Å². The van der Waals surface area contributed by atoms with Crippen LogP contribution in [0.1, 0.15) is 10.4 Å². The van der Waals surface area contributed by atoms with Crippen LogP contribution in [-0.4, -0.2) is 19.6 Å². The largest absolute Gasteiger partial charge is 0.496 e. The van der Waals surface area contributed by atoms with E-state index in [1.807, 2.05) is 18.2 Å². The van der Waals surface area contributed by atoms with Gasteiger partial charge >= 0.3 is 0 Å². The lowest BCUT2D eigenvalue weighted by Gasteiger charge is -2.06. The van der Waals surface area contributed by atoms with Gasteiger partial charge in [-0.25, -0.2) is 4.99 Å². The minimum Gasteiger partial charge on any atom is -0.496 e. The summed E-state index contributed by atoms with van der Waals surface area (Å²) in [6, 6.07) is 10.1. The molecule has 0 unspecified atom stereocenters. The molecule has 4 nitrogen and oxygen atoms in total. The molecule has 1 heterocycles. The van der Waals surface area contributed by atoms with Gasteiger partial charge in [0.05, 0.1) is 18.1 Å². The number of rotatable bonds is 6. The average Bonchev–Trinajstić information content (AvgIpc) is 2.98. The molecule has 0 spiro atoms. The van der Waals surface area contributed by atoms with Gasteiger partial charge in [-0.1, -0.05) is 12.1 Å².